The number of hydrogen-bond donors (Lipinski definition) is 1. The summed E-state index contributed by atoms with van der Waals surface area (Å²) in [5.74, 6) is 0.950. The van der Waals surface area contributed by atoms with Gasteiger partial charge in [-0.3, -0.25) is 9.59 Å². The molecule has 0 aliphatic heterocycles. The molecule has 0 atom stereocenters. The normalized spacial score (nSPS) is 19.6. The Kier molecular flexibility index (Phi) is 8.85. The van der Waals surface area contributed by atoms with Gasteiger partial charge in [0.2, 0.25) is 5.91 Å². The molecular weight excluding hydrogens is 390 g/mol. The van der Waals surface area contributed by atoms with E-state index in [0.717, 1.165) is 81.2 Å². The van der Waals surface area contributed by atoms with Gasteiger partial charge >= 0.3 is 0 Å². The molecule has 0 spiro atoms. The molecule has 2 fully saturated rings. The molecule has 0 heterocycles. The first-order valence-corrected chi connectivity index (χ1v) is 13.0. The minimum atomic E-state index is -0.250. The SMILES string of the molecule is CCC(CC)CC1(C(=O)Nc2ccccc2SC(=O)C2CCCCC2)CCCCC1. The highest BCUT2D eigenvalue weighted by Gasteiger charge is 2.40. The molecule has 2 aliphatic carbocycles. The highest BCUT2D eigenvalue weighted by atomic mass is 32.2. The second-order valence-corrected chi connectivity index (χ2v) is 10.5. The van der Waals surface area contributed by atoms with Crippen LogP contribution in [0.25, 0.3) is 0 Å². The van der Waals surface area contributed by atoms with Gasteiger partial charge in [0.15, 0.2) is 5.12 Å². The van der Waals surface area contributed by atoms with Crippen molar-refractivity contribution >= 4 is 28.5 Å². The van der Waals surface area contributed by atoms with Crippen LogP contribution in [0.5, 0.6) is 0 Å². The van der Waals surface area contributed by atoms with Crippen molar-refractivity contribution in [3.63, 3.8) is 0 Å². The van der Waals surface area contributed by atoms with Gasteiger partial charge in [0.05, 0.1) is 5.69 Å². The van der Waals surface area contributed by atoms with Crippen molar-refractivity contribution in [1.82, 2.24) is 0 Å². The largest absolute Gasteiger partial charge is 0.325 e. The molecule has 30 heavy (non-hydrogen) atoms. The van der Waals surface area contributed by atoms with Crippen LogP contribution in [0.2, 0.25) is 0 Å². The van der Waals surface area contributed by atoms with E-state index >= 15 is 0 Å². The second-order valence-electron chi connectivity index (χ2n) is 9.43. The molecule has 166 valence electrons. The fraction of sp³-hybridized carbons (Fsp3) is 0.692. The molecule has 1 amide bonds. The van der Waals surface area contributed by atoms with E-state index < -0.39 is 0 Å². The Hall–Kier alpha value is -1.29. The van der Waals surface area contributed by atoms with Crippen molar-refractivity contribution in [2.75, 3.05) is 5.32 Å². The minimum Gasteiger partial charge on any atom is -0.325 e. The molecule has 1 N–H and O–H groups in total. The second kappa shape index (κ2) is 11.4. The number of anilines is 1. The van der Waals surface area contributed by atoms with Crippen LogP contribution in [-0.4, -0.2) is 11.0 Å². The number of rotatable bonds is 8. The number of thioether (sulfide) groups is 1. The molecule has 0 unspecified atom stereocenters. The maximum Gasteiger partial charge on any atom is 0.230 e. The predicted molar refractivity (Wildman–Crippen MR) is 127 cm³/mol. The van der Waals surface area contributed by atoms with Crippen molar-refractivity contribution in [1.29, 1.82) is 0 Å². The zero-order valence-corrected chi connectivity index (χ0v) is 19.7. The predicted octanol–water partition coefficient (Wildman–Crippen LogP) is 7.60. The first-order chi connectivity index (χ1) is 14.6. The Bertz CT molecular complexity index is 701. The van der Waals surface area contributed by atoms with E-state index in [1.807, 2.05) is 24.3 Å². The van der Waals surface area contributed by atoms with E-state index in [0.29, 0.717) is 5.92 Å². The van der Waals surface area contributed by atoms with E-state index in [-0.39, 0.29) is 22.4 Å². The lowest BCUT2D eigenvalue weighted by Crippen LogP contribution is -2.39. The molecule has 2 saturated carbocycles. The Labute approximate surface area is 187 Å². The van der Waals surface area contributed by atoms with Gasteiger partial charge in [0.1, 0.15) is 0 Å². The quantitative estimate of drug-likeness (QED) is 0.433. The average Bonchev–Trinajstić information content (AvgIpc) is 2.80. The molecule has 0 saturated heterocycles. The van der Waals surface area contributed by atoms with Crippen LogP contribution in [-0.2, 0) is 9.59 Å². The highest BCUT2D eigenvalue weighted by Crippen LogP contribution is 2.44. The summed E-state index contributed by atoms with van der Waals surface area (Å²) in [5, 5.41) is 3.54. The van der Waals surface area contributed by atoms with E-state index in [2.05, 4.69) is 19.2 Å². The molecule has 3 nitrogen and oxygen atoms in total. The summed E-state index contributed by atoms with van der Waals surface area (Å²) < 4.78 is 0. The van der Waals surface area contributed by atoms with Crippen LogP contribution in [0.15, 0.2) is 29.2 Å². The van der Waals surface area contributed by atoms with E-state index in [4.69, 9.17) is 0 Å². The summed E-state index contributed by atoms with van der Waals surface area (Å²) in [4.78, 5) is 27.3. The van der Waals surface area contributed by atoms with Crippen molar-refractivity contribution in [3.8, 4) is 0 Å². The van der Waals surface area contributed by atoms with E-state index in [9.17, 15) is 9.59 Å². The van der Waals surface area contributed by atoms with Crippen LogP contribution in [0.4, 0.5) is 5.69 Å². The number of hydrogen-bond acceptors (Lipinski definition) is 3. The standard InChI is InChI=1S/C26H39NO2S/c1-3-20(4-2)19-26(17-11-6-12-18-26)25(29)27-22-15-9-10-16-23(22)30-24(28)21-13-7-5-8-14-21/h9-10,15-16,20-21H,3-8,11-14,17-19H2,1-2H3,(H,27,29). The maximum atomic E-state index is 13.6. The molecule has 1 aromatic carbocycles. The molecule has 3 rings (SSSR count). The van der Waals surface area contributed by atoms with Crippen LogP contribution in [0.3, 0.4) is 0 Å². The fourth-order valence-electron chi connectivity index (χ4n) is 5.33. The molecule has 2 aliphatic rings. The summed E-state index contributed by atoms with van der Waals surface area (Å²) in [6.45, 7) is 4.48. The summed E-state index contributed by atoms with van der Waals surface area (Å²) in [6.07, 6.45) is 14.4. The Morgan fingerprint density at radius 1 is 1.00 bits per heavy atom. The summed E-state index contributed by atoms with van der Waals surface area (Å²) in [5.41, 5.74) is 0.561. The van der Waals surface area contributed by atoms with Crippen LogP contribution in [0, 0.1) is 17.3 Å². The van der Waals surface area contributed by atoms with Gasteiger partial charge in [0, 0.05) is 16.2 Å². The van der Waals surface area contributed by atoms with Crippen molar-refractivity contribution in [3.05, 3.63) is 24.3 Å². The van der Waals surface area contributed by atoms with Gasteiger partial charge in [-0.2, -0.15) is 0 Å². The molecule has 0 bridgehead atoms. The van der Waals surface area contributed by atoms with Gasteiger partial charge in [-0.05, 0) is 61.9 Å². The first kappa shape index (κ1) is 23.4. The van der Waals surface area contributed by atoms with Gasteiger partial charge in [0.25, 0.3) is 0 Å². The monoisotopic (exact) mass is 429 g/mol. The lowest BCUT2D eigenvalue weighted by atomic mass is 9.67. The Balaban J connectivity index is 1.73. The van der Waals surface area contributed by atoms with Crippen LogP contribution in [0.1, 0.15) is 97.3 Å². The van der Waals surface area contributed by atoms with Crippen molar-refractivity contribution in [2.45, 2.75) is 102 Å². The number of amides is 1. The van der Waals surface area contributed by atoms with Gasteiger partial charge < -0.3 is 5.32 Å². The molecule has 0 aromatic heterocycles. The van der Waals surface area contributed by atoms with E-state index in [1.54, 1.807) is 0 Å². The number of carbonyl (C=O) groups excluding carboxylic acids is 2. The number of nitrogens with one attached hydrogen (secondary N) is 1. The van der Waals surface area contributed by atoms with Gasteiger partial charge in [-0.1, -0.05) is 77.3 Å². The Morgan fingerprint density at radius 2 is 1.63 bits per heavy atom. The van der Waals surface area contributed by atoms with Crippen LogP contribution >= 0.6 is 11.8 Å². The third-order valence-electron chi connectivity index (χ3n) is 7.41. The Morgan fingerprint density at radius 3 is 2.30 bits per heavy atom. The zero-order valence-electron chi connectivity index (χ0n) is 18.9. The number of para-hydroxylation sites is 1. The van der Waals surface area contributed by atoms with Gasteiger partial charge in [-0.15, -0.1) is 0 Å². The van der Waals surface area contributed by atoms with Crippen LogP contribution < -0.4 is 5.32 Å². The maximum absolute atomic E-state index is 13.6. The number of benzene rings is 1. The molecule has 4 heteroatoms. The first-order valence-electron chi connectivity index (χ1n) is 12.2. The smallest absolute Gasteiger partial charge is 0.230 e. The molecule has 0 radical (unpaired) electrons. The topological polar surface area (TPSA) is 46.2 Å². The number of carbonyl (C=O) groups is 2. The van der Waals surface area contributed by atoms with Gasteiger partial charge in [-0.25, -0.2) is 0 Å². The van der Waals surface area contributed by atoms with Crippen molar-refractivity contribution in [2.24, 2.45) is 17.3 Å². The van der Waals surface area contributed by atoms with E-state index in [1.165, 1.54) is 24.6 Å². The minimum absolute atomic E-state index is 0.173. The lowest BCUT2D eigenvalue weighted by molar-refractivity contribution is -0.128. The summed E-state index contributed by atoms with van der Waals surface area (Å²) in [6, 6.07) is 7.86. The fourth-order valence-corrected chi connectivity index (χ4v) is 6.32. The lowest BCUT2D eigenvalue weighted by Gasteiger charge is -2.38. The third kappa shape index (κ3) is 5.90. The third-order valence-corrected chi connectivity index (χ3v) is 8.52. The summed E-state index contributed by atoms with van der Waals surface area (Å²) >= 11 is 1.33. The average molecular weight is 430 g/mol. The molecule has 1 aromatic rings. The van der Waals surface area contributed by atoms with Crippen molar-refractivity contribution < 1.29 is 9.59 Å². The summed E-state index contributed by atoms with van der Waals surface area (Å²) in [7, 11) is 0. The molecular formula is C26H39NO2S. The highest BCUT2D eigenvalue weighted by molar-refractivity contribution is 8.13. The zero-order chi connectivity index (χ0) is 21.4.